The Morgan fingerprint density at radius 2 is 1.92 bits per heavy atom. The quantitative estimate of drug-likeness (QED) is 0.672. The van der Waals surface area contributed by atoms with Gasteiger partial charge in [-0.1, -0.05) is 20.4 Å². The van der Waals surface area contributed by atoms with E-state index >= 15 is 0 Å². The van der Waals surface area contributed by atoms with Crippen molar-refractivity contribution in [2.45, 2.75) is 26.7 Å². The van der Waals surface area contributed by atoms with Gasteiger partial charge in [0.15, 0.2) is 0 Å². The fourth-order valence-electron chi connectivity index (χ4n) is 1.03. The van der Waals surface area contributed by atoms with Crippen LogP contribution in [0.2, 0.25) is 0 Å². The van der Waals surface area contributed by atoms with E-state index in [1.165, 1.54) is 6.20 Å². The van der Waals surface area contributed by atoms with Crippen molar-refractivity contribution in [3.8, 4) is 0 Å². The first-order valence-electron chi connectivity index (χ1n) is 4.42. The molecule has 0 fully saturated rings. The molecular weight excluding hydrogens is 152 g/mol. The van der Waals surface area contributed by atoms with Crippen molar-refractivity contribution in [2.24, 2.45) is 0 Å². The van der Waals surface area contributed by atoms with Gasteiger partial charge in [0.25, 0.3) is 0 Å². The second-order valence-electron chi connectivity index (χ2n) is 2.64. The maximum absolute atomic E-state index is 11.3. The number of rotatable bonds is 5. The van der Waals surface area contributed by atoms with Crippen molar-refractivity contribution in [3.05, 3.63) is 12.8 Å². The van der Waals surface area contributed by atoms with Gasteiger partial charge in [0, 0.05) is 13.1 Å². The second kappa shape index (κ2) is 6.70. The van der Waals surface area contributed by atoms with Crippen LogP contribution in [0.1, 0.15) is 26.7 Å². The Morgan fingerprint density at radius 3 is 2.25 bits per heavy atom. The molecular formula is C9H18N2O. The summed E-state index contributed by atoms with van der Waals surface area (Å²) in [6, 6.07) is -0.0475. The number of nitrogens with one attached hydrogen (secondary N) is 1. The lowest BCUT2D eigenvalue weighted by molar-refractivity contribution is 0.201. The first-order valence-corrected chi connectivity index (χ1v) is 4.42. The van der Waals surface area contributed by atoms with Crippen molar-refractivity contribution in [1.29, 1.82) is 0 Å². The molecule has 0 spiro atoms. The molecule has 70 valence electrons. The molecule has 0 aliphatic rings. The van der Waals surface area contributed by atoms with Crippen molar-refractivity contribution in [2.75, 3.05) is 13.1 Å². The minimum atomic E-state index is -0.0475. The van der Waals surface area contributed by atoms with Crippen molar-refractivity contribution in [3.63, 3.8) is 0 Å². The van der Waals surface area contributed by atoms with Crippen LogP contribution in [0.4, 0.5) is 4.79 Å². The molecule has 0 aliphatic heterocycles. The number of hydrogen-bond donors (Lipinski definition) is 1. The Hall–Kier alpha value is -0.990. The van der Waals surface area contributed by atoms with Gasteiger partial charge in [-0.05, 0) is 19.0 Å². The number of carbonyl (C=O) groups excluding carboxylic acids is 1. The molecule has 0 aromatic carbocycles. The Kier molecular flexibility index (Phi) is 6.15. The Balaban J connectivity index is 3.89. The maximum Gasteiger partial charge on any atom is 0.321 e. The van der Waals surface area contributed by atoms with E-state index in [1.54, 1.807) is 4.90 Å². The average Bonchev–Trinajstić information content (AvgIpc) is 2.04. The molecule has 0 aromatic heterocycles. The van der Waals surface area contributed by atoms with E-state index in [2.05, 4.69) is 25.7 Å². The number of hydrogen-bond acceptors (Lipinski definition) is 1. The van der Waals surface area contributed by atoms with Gasteiger partial charge in [-0.25, -0.2) is 4.79 Å². The van der Waals surface area contributed by atoms with E-state index in [0.29, 0.717) is 0 Å². The van der Waals surface area contributed by atoms with Crippen LogP contribution in [0.15, 0.2) is 12.8 Å². The van der Waals surface area contributed by atoms with Crippen molar-refractivity contribution in [1.82, 2.24) is 10.2 Å². The Labute approximate surface area is 74.4 Å². The molecule has 0 radical (unpaired) electrons. The second-order valence-corrected chi connectivity index (χ2v) is 2.64. The highest BCUT2D eigenvalue weighted by Gasteiger charge is 2.08. The molecule has 0 bridgehead atoms. The third-order valence-corrected chi connectivity index (χ3v) is 1.50. The number of amides is 2. The first kappa shape index (κ1) is 11.0. The summed E-state index contributed by atoms with van der Waals surface area (Å²) in [7, 11) is 0. The Morgan fingerprint density at radius 1 is 1.42 bits per heavy atom. The maximum atomic E-state index is 11.3. The lowest BCUT2D eigenvalue weighted by Crippen LogP contribution is -2.38. The summed E-state index contributed by atoms with van der Waals surface area (Å²) in [5.41, 5.74) is 0. The summed E-state index contributed by atoms with van der Waals surface area (Å²) in [6.07, 6.45) is 3.40. The normalized spacial score (nSPS) is 9.17. The predicted octanol–water partition coefficient (Wildman–Crippen LogP) is 1.96. The third kappa shape index (κ3) is 4.01. The minimum absolute atomic E-state index is 0.0475. The molecule has 12 heavy (non-hydrogen) atoms. The number of carbonyl (C=O) groups is 1. The predicted molar refractivity (Wildman–Crippen MR) is 50.9 cm³/mol. The van der Waals surface area contributed by atoms with Gasteiger partial charge < -0.3 is 10.2 Å². The Bertz CT molecular complexity index is 139. The topological polar surface area (TPSA) is 32.3 Å². The van der Waals surface area contributed by atoms with Crippen LogP contribution in [0.25, 0.3) is 0 Å². The van der Waals surface area contributed by atoms with Crippen LogP contribution >= 0.6 is 0 Å². The van der Waals surface area contributed by atoms with E-state index < -0.39 is 0 Å². The molecule has 0 heterocycles. The van der Waals surface area contributed by atoms with E-state index in [4.69, 9.17) is 0 Å². The summed E-state index contributed by atoms with van der Waals surface area (Å²) in [6.45, 7) is 9.19. The molecule has 0 aliphatic carbocycles. The summed E-state index contributed by atoms with van der Waals surface area (Å²) >= 11 is 0. The van der Waals surface area contributed by atoms with Gasteiger partial charge in [-0.2, -0.15) is 0 Å². The van der Waals surface area contributed by atoms with Gasteiger partial charge in [0.1, 0.15) is 0 Å². The molecule has 0 aromatic rings. The summed E-state index contributed by atoms with van der Waals surface area (Å²) < 4.78 is 0. The van der Waals surface area contributed by atoms with Crippen LogP contribution in [-0.4, -0.2) is 24.0 Å². The summed E-state index contributed by atoms with van der Waals surface area (Å²) in [5.74, 6) is 0. The minimum Gasteiger partial charge on any atom is -0.325 e. The van der Waals surface area contributed by atoms with Crippen molar-refractivity contribution >= 4 is 6.03 Å². The molecule has 3 nitrogen and oxygen atoms in total. The fourth-order valence-corrected chi connectivity index (χ4v) is 1.03. The van der Waals surface area contributed by atoms with E-state index in [-0.39, 0.29) is 6.03 Å². The first-order chi connectivity index (χ1) is 5.76. The van der Waals surface area contributed by atoms with E-state index in [1.807, 2.05) is 0 Å². The van der Waals surface area contributed by atoms with Crippen LogP contribution in [0.5, 0.6) is 0 Å². The van der Waals surface area contributed by atoms with Gasteiger partial charge in [0.05, 0.1) is 0 Å². The molecule has 0 saturated heterocycles. The zero-order chi connectivity index (χ0) is 9.40. The highest BCUT2D eigenvalue weighted by Crippen LogP contribution is 1.94. The molecule has 0 saturated carbocycles. The summed E-state index contributed by atoms with van der Waals surface area (Å²) in [5, 5.41) is 2.57. The molecule has 2 amide bonds. The molecule has 0 unspecified atom stereocenters. The lowest BCUT2D eigenvalue weighted by atomic mass is 10.4. The zero-order valence-electron chi connectivity index (χ0n) is 7.97. The zero-order valence-corrected chi connectivity index (χ0v) is 7.97. The standard InChI is InChI=1S/C9H18N2O/c1-4-7-11(8-5-2)9(12)10-6-3/h6H,3-5,7-8H2,1-2H3,(H,10,12). The smallest absolute Gasteiger partial charge is 0.321 e. The van der Waals surface area contributed by atoms with E-state index in [0.717, 1.165) is 25.9 Å². The van der Waals surface area contributed by atoms with Gasteiger partial charge in [0.2, 0.25) is 0 Å². The third-order valence-electron chi connectivity index (χ3n) is 1.50. The van der Waals surface area contributed by atoms with Crippen LogP contribution < -0.4 is 5.32 Å². The molecule has 0 atom stereocenters. The van der Waals surface area contributed by atoms with Crippen LogP contribution in [0.3, 0.4) is 0 Å². The van der Waals surface area contributed by atoms with Crippen molar-refractivity contribution < 1.29 is 4.79 Å². The molecule has 3 heteroatoms. The fraction of sp³-hybridized carbons (Fsp3) is 0.667. The monoisotopic (exact) mass is 170 g/mol. The largest absolute Gasteiger partial charge is 0.325 e. The molecule has 1 N–H and O–H groups in total. The van der Waals surface area contributed by atoms with Gasteiger partial charge >= 0.3 is 6.03 Å². The highest BCUT2D eigenvalue weighted by atomic mass is 16.2. The van der Waals surface area contributed by atoms with E-state index in [9.17, 15) is 4.79 Å². The summed E-state index contributed by atoms with van der Waals surface area (Å²) in [4.78, 5) is 13.1. The highest BCUT2D eigenvalue weighted by molar-refractivity contribution is 5.75. The van der Waals surface area contributed by atoms with Crippen LogP contribution in [0, 0.1) is 0 Å². The number of urea groups is 1. The lowest BCUT2D eigenvalue weighted by Gasteiger charge is -2.20. The average molecular weight is 170 g/mol. The molecule has 0 rings (SSSR count). The van der Waals surface area contributed by atoms with Gasteiger partial charge in [-0.15, -0.1) is 0 Å². The number of nitrogens with zero attached hydrogens (tertiary/aromatic N) is 1. The van der Waals surface area contributed by atoms with Crippen LogP contribution in [-0.2, 0) is 0 Å². The van der Waals surface area contributed by atoms with Gasteiger partial charge in [-0.3, -0.25) is 0 Å². The SMILES string of the molecule is C=CNC(=O)N(CCC)CCC.